The zero-order valence-corrected chi connectivity index (χ0v) is 12.6. The quantitative estimate of drug-likeness (QED) is 0.800. The summed E-state index contributed by atoms with van der Waals surface area (Å²) >= 11 is 0. The highest BCUT2D eigenvalue weighted by molar-refractivity contribution is 7.89. The maximum atomic E-state index is 12.9. The van der Waals surface area contributed by atoms with E-state index in [9.17, 15) is 26.0 Å². The van der Waals surface area contributed by atoms with Gasteiger partial charge in [-0.2, -0.15) is 13.2 Å². The normalized spacial score (nSPS) is 13.6. The molecule has 0 saturated heterocycles. The number of nitrogens with two attached hydrogens (primary N) is 1. The van der Waals surface area contributed by atoms with Gasteiger partial charge in [0.15, 0.2) is 0 Å². The first-order chi connectivity index (χ1) is 9.04. The predicted molar refractivity (Wildman–Crippen MR) is 72.1 cm³/mol. The monoisotopic (exact) mass is 350 g/mol. The van der Waals surface area contributed by atoms with Crippen LogP contribution in [0.15, 0.2) is 23.1 Å². The molecule has 1 atom stereocenters. The van der Waals surface area contributed by atoms with Gasteiger partial charge in [-0.05, 0) is 31.5 Å². The molecular formula is C11H15ClF4N2O2S. The molecule has 0 heterocycles. The smallest absolute Gasteiger partial charge is 0.328 e. The third kappa shape index (κ3) is 5.77. The van der Waals surface area contributed by atoms with Gasteiger partial charge in [0.25, 0.3) is 0 Å². The van der Waals surface area contributed by atoms with Crippen molar-refractivity contribution < 1.29 is 26.0 Å². The molecule has 0 aromatic heterocycles. The highest BCUT2D eigenvalue weighted by Crippen LogP contribution is 2.34. The summed E-state index contributed by atoms with van der Waals surface area (Å²) in [7, 11) is -4.38. The van der Waals surface area contributed by atoms with Gasteiger partial charge in [-0.1, -0.05) is 0 Å². The summed E-state index contributed by atoms with van der Waals surface area (Å²) in [5.74, 6) is -1.16. The molecule has 1 rings (SSSR count). The molecule has 0 saturated carbocycles. The van der Waals surface area contributed by atoms with E-state index < -0.39 is 32.5 Å². The Bertz CT molecular complexity index is 576. The number of halogens is 5. The molecule has 0 fully saturated rings. The molecule has 1 aromatic carbocycles. The fourth-order valence-corrected chi connectivity index (χ4v) is 2.71. The standard InChI is InChI=1S/C11H14F4N2O2S.ClH/c1-7(16)4-5-17-20(18,19)10-3-2-8(12)6-9(10)11(13,14)15;/h2-3,6-7,17H,4-5,16H2,1H3;1H. The van der Waals surface area contributed by atoms with E-state index in [1.54, 1.807) is 6.92 Å². The van der Waals surface area contributed by atoms with Crippen molar-refractivity contribution in [1.29, 1.82) is 0 Å². The van der Waals surface area contributed by atoms with Crippen molar-refractivity contribution in [1.82, 2.24) is 4.72 Å². The lowest BCUT2D eigenvalue weighted by Gasteiger charge is -2.14. The molecule has 122 valence electrons. The SMILES string of the molecule is CC(N)CCNS(=O)(=O)c1ccc(F)cc1C(F)(F)F.Cl. The van der Waals surface area contributed by atoms with Crippen molar-refractivity contribution in [3.05, 3.63) is 29.6 Å². The lowest BCUT2D eigenvalue weighted by atomic mass is 10.2. The summed E-state index contributed by atoms with van der Waals surface area (Å²) in [6.45, 7) is 1.53. The Morgan fingerprint density at radius 3 is 2.38 bits per heavy atom. The van der Waals surface area contributed by atoms with Crippen LogP contribution >= 0.6 is 12.4 Å². The van der Waals surface area contributed by atoms with E-state index in [-0.39, 0.29) is 37.5 Å². The first kappa shape index (κ1) is 20.1. The molecule has 21 heavy (non-hydrogen) atoms. The summed E-state index contributed by atoms with van der Waals surface area (Å²) in [6.07, 6.45) is -4.70. The minimum atomic E-state index is -4.96. The summed E-state index contributed by atoms with van der Waals surface area (Å²) < 4.78 is 76.7. The van der Waals surface area contributed by atoms with Crippen molar-refractivity contribution in [2.45, 2.75) is 30.5 Å². The summed E-state index contributed by atoms with van der Waals surface area (Å²) in [6, 6.07) is 1.11. The molecule has 0 aliphatic heterocycles. The Kier molecular flexibility index (Phi) is 7.07. The van der Waals surface area contributed by atoms with E-state index in [0.29, 0.717) is 12.1 Å². The van der Waals surface area contributed by atoms with Crippen LogP contribution in [0.1, 0.15) is 18.9 Å². The predicted octanol–water partition coefficient (Wildman–Crippen LogP) is 2.28. The van der Waals surface area contributed by atoms with Crippen molar-refractivity contribution in [3.63, 3.8) is 0 Å². The van der Waals surface area contributed by atoms with Crippen LogP contribution in [0.3, 0.4) is 0 Å². The van der Waals surface area contributed by atoms with Gasteiger partial charge in [0.05, 0.1) is 10.5 Å². The molecule has 3 N–H and O–H groups in total. The van der Waals surface area contributed by atoms with Crippen LogP contribution in [0.25, 0.3) is 0 Å². The van der Waals surface area contributed by atoms with E-state index in [4.69, 9.17) is 5.73 Å². The largest absolute Gasteiger partial charge is 0.417 e. The molecular weight excluding hydrogens is 336 g/mol. The molecule has 0 spiro atoms. The third-order valence-corrected chi connectivity index (χ3v) is 3.95. The summed E-state index contributed by atoms with van der Waals surface area (Å²) in [4.78, 5) is -1.00. The van der Waals surface area contributed by atoms with E-state index in [1.165, 1.54) is 0 Å². The van der Waals surface area contributed by atoms with E-state index in [0.717, 1.165) is 0 Å². The van der Waals surface area contributed by atoms with E-state index in [2.05, 4.69) is 0 Å². The maximum absolute atomic E-state index is 12.9. The Hall–Kier alpha value is -0.900. The van der Waals surface area contributed by atoms with E-state index in [1.807, 2.05) is 4.72 Å². The Balaban J connectivity index is 0.00000400. The lowest BCUT2D eigenvalue weighted by molar-refractivity contribution is -0.140. The zero-order valence-electron chi connectivity index (χ0n) is 10.9. The number of benzene rings is 1. The van der Waals surface area contributed by atoms with Crippen molar-refractivity contribution in [3.8, 4) is 0 Å². The molecule has 10 heteroatoms. The van der Waals surface area contributed by atoms with Gasteiger partial charge in [0.2, 0.25) is 10.0 Å². The van der Waals surface area contributed by atoms with Gasteiger partial charge >= 0.3 is 6.18 Å². The average Bonchev–Trinajstić information content (AvgIpc) is 2.26. The van der Waals surface area contributed by atoms with Crippen LogP contribution in [-0.4, -0.2) is 21.0 Å². The number of alkyl halides is 3. The second-order valence-corrected chi connectivity index (χ2v) is 6.04. The molecule has 4 nitrogen and oxygen atoms in total. The number of hydrogen-bond donors (Lipinski definition) is 2. The number of rotatable bonds is 5. The fraction of sp³-hybridized carbons (Fsp3) is 0.455. The number of nitrogens with one attached hydrogen (secondary N) is 1. The van der Waals surface area contributed by atoms with Gasteiger partial charge in [-0.15, -0.1) is 12.4 Å². The van der Waals surface area contributed by atoms with Crippen LogP contribution in [-0.2, 0) is 16.2 Å². The molecule has 0 amide bonds. The fourth-order valence-electron chi connectivity index (χ4n) is 1.46. The van der Waals surface area contributed by atoms with Gasteiger partial charge in [-0.25, -0.2) is 17.5 Å². The third-order valence-electron chi connectivity index (χ3n) is 2.43. The topological polar surface area (TPSA) is 72.2 Å². The lowest BCUT2D eigenvalue weighted by Crippen LogP contribution is -2.30. The van der Waals surface area contributed by atoms with Crippen molar-refractivity contribution in [2.75, 3.05) is 6.54 Å². The Labute approximate surface area is 126 Å². The van der Waals surface area contributed by atoms with Crippen LogP contribution in [0.5, 0.6) is 0 Å². The van der Waals surface area contributed by atoms with Crippen molar-refractivity contribution >= 4 is 22.4 Å². The molecule has 0 aliphatic carbocycles. The summed E-state index contributed by atoms with van der Waals surface area (Å²) in [5.41, 5.74) is 3.88. The molecule has 0 aliphatic rings. The van der Waals surface area contributed by atoms with Crippen LogP contribution < -0.4 is 10.5 Å². The molecule has 1 unspecified atom stereocenters. The van der Waals surface area contributed by atoms with Gasteiger partial charge < -0.3 is 5.73 Å². The van der Waals surface area contributed by atoms with E-state index >= 15 is 0 Å². The zero-order chi connectivity index (χ0) is 15.6. The molecule has 1 aromatic rings. The van der Waals surface area contributed by atoms with Crippen molar-refractivity contribution in [2.24, 2.45) is 5.73 Å². The average molecular weight is 351 g/mol. The maximum Gasteiger partial charge on any atom is 0.417 e. The van der Waals surface area contributed by atoms with Crippen LogP contribution in [0.2, 0.25) is 0 Å². The minimum absolute atomic E-state index is 0. The number of sulfonamides is 1. The minimum Gasteiger partial charge on any atom is -0.328 e. The van der Waals surface area contributed by atoms with Crippen LogP contribution in [0.4, 0.5) is 17.6 Å². The van der Waals surface area contributed by atoms with Gasteiger partial charge in [-0.3, -0.25) is 0 Å². The van der Waals surface area contributed by atoms with Gasteiger partial charge in [0, 0.05) is 12.6 Å². The van der Waals surface area contributed by atoms with Crippen LogP contribution in [0, 0.1) is 5.82 Å². The molecule has 0 radical (unpaired) electrons. The Morgan fingerprint density at radius 1 is 1.33 bits per heavy atom. The molecule has 0 bridgehead atoms. The Morgan fingerprint density at radius 2 is 1.90 bits per heavy atom. The highest BCUT2D eigenvalue weighted by Gasteiger charge is 2.37. The second-order valence-electron chi connectivity index (χ2n) is 4.30. The number of hydrogen-bond acceptors (Lipinski definition) is 3. The highest BCUT2D eigenvalue weighted by atomic mass is 35.5. The first-order valence-electron chi connectivity index (χ1n) is 5.66. The first-order valence-corrected chi connectivity index (χ1v) is 7.14. The summed E-state index contributed by atoms with van der Waals surface area (Å²) in [5, 5.41) is 0. The van der Waals surface area contributed by atoms with Gasteiger partial charge in [0.1, 0.15) is 5.82 Å². The second kappa shape index (κ2) is 7.39.